The highest BCUT2D eigenvalue weighted by Gasteiger charge is 2.16. The van der Waals surface area contributed by atoms with Crippen LogP contribution in [0.1, 0.15) is 38.2 Å². The molecule has 0 saturated heterocycles. The Morgan fingerprint density at radius 3 is 2.68 bits per heavy atom. The van der Waals surface area contributed by atoms with Crippen LogP contribution < -0.4 is 16.4 Å². The SMILES string of the molecule is CCCCCCNC(=O)Nc1cccc(-c2nc3cccnc3n2-c2ccc(CCN)cc2)c1. The second-order valence-corrected chi connectivity index (χ2v) is 8.34. The number of nitrogens with one attached hydrogen (secondary N) is 2. The van der Waals surface area contributed by atoms with Crippen LogP contribution in [0.2, 0.25) is 0 Å². The van der Waals surface area contributed by atoms with Crippen LogP contribution in [-0.4, -0.2) is 33.7 Å². The molecule has 0 aliphatic heterocycles. The molecule has 34 heavy (non-hydrogen) atoms. The Kier molecular flexibility index (Phi) is 7.88. The molecule has 0 fully saturated rings. The van der Waals surface area contributed by atoms with Gasteiger partial charge in [0.1, 0.15) is 11.3 Å². The molecule has 4 rings (SSSR count). The molecule has 176 valence electrons. The summed E-state index contributed by atoms with van der Waals surface area (Å²) in [6, 6.07) is 19.7. The number of aromatic nitrogens is 3. The minimum Gasteiger partial charge on any atom is -0.338 e. The summed E-state index contributed by atoms with van der Waals surface area (Å²) < 4.78 is 2.05. The van der Waals surface area contributed by atoms with Gasteiger partial charge in [-0.15, -0.1) is 0 Å². The molecule has 2 amide bonds. The monoisotopic (exact) mass is 456 g/mol. The smallest absolute Gasteiger partial charge is 0.319 e. The summed E-state index contributed by atoms with van der Waals surface area (Å²) in [5, 5.41) is 5.88. The molecule has 0 radical (unpaired) electrons. The number of carbonyl (C=O) groups is 1. The lowest BCUT2D eigenvalue weighted by Crippen LogP contribution is -2.29. The highest BCUT2D eigenvalue weighted by molar-refractivity contribution is 5.90. The number of nitrogens with zero attached hydrogens (tertiary/aromatic N) is 3. The molecule has 4 aromatic rings. The third-order valence-corrected chi connectivity index (χ3v) is 5.74. The van der Waals surface area contributed by atoms with E-state index in [1.165, 1.54) is 18.4 Å². The zero-order chi connectivity index (χ0) is 23.8. The van der Waals surface area contributed by atoms with Crippen LogP contribution in [0.4, 0.5) is 10.5 Å². The molecule has 0 saturated carbocycles. The fraction of sp³-hybridized carbons (Fsp3) is 0.296. The normalized spacial score (nSPS) is 11.0. The molecule has 2 aromatic carbocycles. The zero-order valence-electron chi connectivity index (χ0n) is 19.6. The largest absolute Gasteiger partial charge is 0.338 e. The van der Waals surface area contributed by atoms with Crippen LogP contribution in [0.25, 0.3) is 28.2 Å². The van der Waals surface area contributed by atoms with Crippen LogP contribution in [0.5, 0.6) is 0 Å². The molecule has 0 unspecified atom stereocenters. The van der Waals surface area contributed by atoms with E-state index in [4.69, 9.17) is 10.7 Å². The van der Waals surface area contributed by atoms with Gasteiger partial charge in [-0.3, -0.25) is 4.57 Å². The standard InChI is InChI=1S/C27H32N6O/c1-2-3-4-5-17-30-27(34)31-22-9-6-8-21(19-22)25-32-24-10-7-18-29-26(24)33(25)23-13-11-20(12-14-23)15-16-28/h6-14,18-19H,2-5,15-17,28H2,1H3,(H2,30,31,34). The third-order valence-electron chi connectivity index (χ3n) is 5.74. The summed E-state index contributed by atoms with van der Waals surface area (Å²) in [5.41, 5.74) is 11.1. The van der Waals surface area contributed by atoms with Gasteiger partial charge in [-0.1, -0.05) is 50.5 Å². The van der Waals surface area contributed by atoms with Crippen LogP contribution in [-0.2, 0) is 6.42 Å². The molecule has 2 heterocycles. The van der Waals surface area contributed by atoms with E-state index >= 15 is 0 Å². The van der Waals surface area contributed by atoms with Gasteiger partial charge in [-0.05, 0) is 61.3 Å². The summed E-state index contributed by atoms with van der Waals surface area (Å²) in [5.74, 6) is 0.767. The van der Waals surface area contributed by atoms with Crippen molar-refractivity contribution in [2.45, 2.75) is 39.0 Å². The molecule has 0 spiro atoms. The highest BCUT2D eigenvalue weighted by atomic mass is 16.2. The first-order valence-electron chi connectivity index (χ1n) is 12.0. The van der Waals surface area contributed by atoms with Crippen molar-refractivity contribution in [1.29, 1.82) is 0 Å². The molecular formula is C27H32N6O. The van der Waals surface area contributed by atoms with Crippen LogP contribution in [0.15, 0.2) is 66.9 Å². The quantitative estimate of drug-likeness (QED) is 0.282. The van der Waals surface area contributed by atoms with Crippen molar-refractivity contribution in [3.05, 3.63) is 72.4 Å². The molecule has 0 aliphatic rings. The molecular weight excluding hydrogens is 424 g/mol. The lowest BCUT2D eigenvalue weighted by molar-refractivity contribution is 0.252. The average molecular weight is 457 g/mol. The number of benzene rings is 2. The van der Waals surface area contributed by atoms with Gasteiger partial charge < -0.3 is 16.4 Å². The van der Waals surface area contributed by atoms with E-state index in [0.29, 0.717) is 18.8 Å². The van der Waals surface area contributed by atoms with Crippen molar-refractivity contribution in [2.24, 2.45) is 5.73 Å². The minimum atomic E-state index is -0.195. The zero-order valence-corrected chi connectivity index (χ0v) is 19.6. The van der Waals surface area contributed by atoms with Crippen molar-refractivity contribution in [3.8, 4) is 17.1 Å². The maximum atomic E-state index is 12.3. The lowest BCUT2D eigenvalue weighted by atomic mass is 10.1. The fourth-order valence-electron chi connectivity index (χ4n) is 3.99. The average Bonchev–Trinajstić information content (AvgIpc) is 3.24. The minimum absolute atomic E-state index is 0.195. The maximum Gasteiger partial charge on any atom is 0.319 e. The number of carbonyl (C=O) groups excluding carboxylic acids is 1. The first kappa shape index (κ1) is 23.4. The number of rotatable bonds is 10. The number of amides is 2. The van der Waals surface area contributed by atoms with Crippen molar-refractivity contribution < 1.29 is 4.79 Å². The maximum absolute atomic E-state index is 12.3. The molecule has 7 heteroatoms. The van der Waals surface area contributed by atoms with E-state index < -0.39 is 0 Å². The summed E-state index contributed by atoms with van der Waals surface area (Å²) in [6.45, 7) is 3.47. The number of anilines is 1. The Balaban J connectivity index is 1.60. The van der Waals surface area contributed by atoms with Crippen LogP contribution in [0, 0.1) is 0 Å². The van der Waals surface area contributed by atoms with E-state index in [0.717, 1.165) is 47.5 Å². The predicted octanol–water partition coefficient (Wildman–Crippen LogP) is 5.29. The Morgan fingerprint density at radius 1 is 1.03 bits per heavy atom. The summed E-state index contributed by atoms with van der Waals surface area (Å²) >= 11 is 0. The van der Waals surface area contributed by atoms with Crippen molar-refractivity contribution in [2.75, 3.05) is 18.4 Å². The van der Waals surface area contributed by atoms with Crippen LogP contribution in [0.3, 0.4) is 0 Å². The van der Waals surface area contributed by atoms with E-state index in [2.05, 4.69) is 51.4 Å². The lowest BCUT2D eigenvalue weighted by Gasteiger charge is -2.12. The highest BCUT2D eigenvalue weighted by Crippen LogP contribution is 2.29. The number of pyridine rings is 1. The molecule has 7 nitrogen and oxygen atoms in total. The predicted molar refractivity (Wildman–Crippen MR) is 138 cm³/mol. The molecule has 0 atom stereocenters. The molecule has 4 N–H and O–H groups in total. The second kappa shape index (κ2) is 11.4. The fourth-order valence-corrected chi connectivity index (χ4v) is 3.99. The third kappa shape index (κ3) is 5.61. The summed E-state index contributed by atoms with van der Waals surface area (Å²) in [4.78, 5) is 21.8. The Bertz CT molecular complexity index is 1230. The summed E-state index contributed by atoms with van der Waals surface area (Å²) in [7, 11) is 0. The van der Waals surface area contributed by atoms with Gasteiger partial charge in [-0.2, -0.15) is 0 Å². The van der Waals surface area contributed by atoms with Gasteiger partial charge in [0, 0.05) is 29.7 Å². The van der Waals surface area contributed by atoms with Gasteiger partial charge in [0.2, 0.25) is 0 Å². The first-order chi connectivity index (χ1) is 16.7. The second-order valence-electron chi connectivity index (χ2n) is 8.34. The molecule has 0 aliphatic carbocycles. The van der Waals surface area contributed by atoms with Crippen LogP contribution >= 0.6 is 0 Å². The van der Waals surface area contributed by atoms with Gasteiger partial charge >= 0.3 is 6.03 Å². The van der Waals surface area contributed by atoms with Gasteiger partial charge in [-0.25, -0.2) is 14.8 Å². The Morgan fingerprint density at radius 2 is 1.88 bits per heavy atom. The van der Waals surface area contributed by atoms with E-state index in [9.17, 15) is 4.79 Å². The topological polar surface area (TPSA) is 97.9 Å². The van der Waals surface area contributed by atoms with E-state index in [-0.39, 0.29) is 6.03 Å². The number of nitrogens with two attached hydrogens (primary N) is 1. The summed E-state index contributed by atoms with van der Waals surface area (Å²) in [6.07, 6.45) is 7.10. The number of hydrogen-bond donors (Lipinski definition) is 3. The van der Waals surface area contributed by atoms with Gasteiger partial charge in [0.05, 0.1) is 0 Å². The van der Waals surface area contributed by atoms with Gasteiger partial charge in [0.25, 0.3) is 0 Å². The number of hydrogen-bond acceptors (Lipinski definition) is 4. The van der Waals surface area contributed by atoms with Crippen molar-refractivity contribution in [1.82, 2.24) is 19.9 Å². The molecule has 0 bridgehead atoms. The van der Waals surface area contributed by atoms with E-state index in [1.54, 1.807) is 6.20 Å². The molecule has 2 aromatic heterocycles. The van der Waals surface area contributed by atoms with Crippen molar-refractivity contribution >= 4 is 22.9 Å². The Hall–Kier alpha value is -3.71. The number of fused-ring (bicyclic) bond motifs is 1. The number of unbranched alkanes of at least 4 members (excludes halogenated alkanes) is 3. The number of urea groups is 1. The van der Waals surface area contributed by atoms with E-state index in [1.807, 2.05) is 36.4 Å². The Labute approximate surface area is 200 Å². The number of imidazole rings is 1. The van der Waals surface area contributed by atoms with Gasteiger partial charge in [0.15, 0.2) is 5.65 Å². The first-order valence-corrected chi connectivity index (χ1v) is 12.0. The van der Waals surface area contributed by atoms with Crippen molar-refractivity contribution in [3.63, 3.8) is 0 Å².